The van der Waals surface area contributed by atoms with Gasteiger partial charge >= 0.3 is 5.97 Å². The van der Waals surface area contributed by atoms with Gasteiger partial charge in [-0.2, -0.15) is 0 Å². The molecule has 3 N–H and O–H groups in total. The first-order valence-electron chi connectivity index (χ1n) is 9.54. The van der Waals surface area contributed by atoms with Crippen molar-refractivity contribution in [2.45, 2.75) is 24.7 Å². The lowest BCUT2D eigenvalue weighted by molar-refractivity contribution is -0.114. The second-order valence-corrected chi connectivity index (χ2v) is 8.70. The normalized spacial score (nSPS) is 11.0. The van der Waals surface area contributed by atoms with E-state index in [2.05, 4.69) is 10.0 Å². The molecule has 3 aromatic carbocycles. The van der Waals surface area contributed by atoms with Gasteiger partial charge in [0, 0.05) is 18.3 Å². The lowest BCUT2D eigenvalue weighted by Crippen LogP contribution is -2.13. The van der Waals surface area contributed by atoms with Crippen LogP contribution in [0.15, 0.2) is 77.7 Å². The minimum Gasteiger partial charge on any atom is -0.478 e. The fourth-order valence-electron chi connectivity index (χ4n) is 3.03. The summed E-state index contributed by atoms with van der Waals surface area (Å²) in [5.41, 5.74) is 3.15. The predicted molar refractivity (Wildman–Crippen MR) is 119 cm³/mol. The van der Waals surface area contributed by atoms with Crippen LogP contribution < -0.4 is 10.0 Å². The van der Waals surface area contributed by atoms with E-state index >= 15 is 0 Å². The van der Waals surface area contributed by atoms with E-state index in [0.29, 0.717) is 24.2 Å². The molecule has 0 unspecified atom stereocenters. The van der Waals surface area contributed by atoms with E-state index in [4.69, 9.17) is 5.11 Å². The van der Waals surface area contributed by atoms with Gasteiger partial charge in [0.25, 0.3) is 10.0 Å². The summed E-state index contributed by atoms with van der Waals surface area (Å²) in [6.45, 7) is 1.38. The van der Waals surface area contributed by atoms with Gasteiger partial charge in [-0.1, -0.05) is 24.3 Å². The van der Waals surface area contributed by atoms with Gasteiger partial charge in [0.2, 0.25) is 5.91 Å². The highest BCUT2D eigenvalue weighted by atomic mass is 32.2. The first-order valence-corrected chi connectivity index (χ1v) is 11.0. The zero-order valence-corrected chi connectivity index (χ0v) is 17.6. The van der Waals surface area contributed by atoms with Crippen molar-refractivity contribution >= 4 is 33.3 Å². The minimum atomic E-state index is -3.77. The monoisotopic (exact) mass is 438 g/mol. The van der Waals surface area contributed by atoms with Crippen LogP contribution in [0.5, 0.6) is 0 Å². The Bertz CT molecular complexity index is 1190. The van der Waals surface area contributed by atoms with Crippen molar-refractivity contribution in [1.29, 1.82) is 0 Å². The molecule has 0 saturated carbocycles. The number of carboxylic acids is 1. The molecular formula is C23H22N2O5S. The Morgan fingerprint density at radius 1 is 0.839 bits per heavy atom. The van der Waals surface area contributed by atoms with Crippen molar-refractivity contribution < 1.29 is 23.1 Å². The van der Waals surface area contributed by atoms with Gasteiger partial charge in [-0.15, -0.1) is 0 Å². The molecule has 0 saturated heterocycles. The molecule has 8 heteroatoms. The third-order valence-electron chi connectivity index (χ3n) is 4.57. The Balaban J connectivity index is 1.66. The second kappa shape index (κ2) is 9.44. The summed E-state index contributed by atoms with van der Waals surface area (Å²) in [5.74, 6) is -1.19. The number of rotatable bonds is 8. The van der Waals surface area contributed by atoms with Crippen LogP contribution in [0.2, 0.25) is 0 Å². The van der Waals surface area contributed by atoms with Gasteiger partial charge in [0.15, 0.2) is 0 Å². The number of carbonyl (C=O) groups excluding carboxylic acids is 1. The second-order valence-electron chi connectivity index (χ2n) is 7.01. The molecule has 0 aliphatic rings. The number of amides is 1. The van der Waals surface area contributed by atoms with E-state index in [0.717, 1.165) is 11.1 Å². The van der Waals surface area contributed by atoms with Gasteiger partial charge in [0.1, 0.15) is 0 Å². The summed E-state index contributed by atoms with van der Waals surface area (Å²) >= 11 is 0. The first-order chi connectivity index (χ1) is 14.7. The van der Waals surface area contributed by atoms with Crippen molar-refractivity contribution in [2.75, 3.05) is 10.0 Å². The van der Waals surface area contributed by atoms with Crippen LogP contribution in [0.4, 0.5) is 11.4 Å². The zero-order chi connectivity index (χ0) is 22.4. The molecule has 7 nitrogen and oxygen atoms in total. The maximum absolute atomic E-state index is 12.7. The molecule has 1 amide bonds. The number of aromatic carboxylic acids is 1. The van der Waals surface area contributed by atoms with Gasteiger partial charge < -0.3 is 10.4 Å². The maximum Gasteiger partial charge on any atom is 0.335 e. The van der Waals surface area contributed by atoms with E-state index in [-0.39, 0.29) is 16.4 Å². The number of aryl methyl sites for hydroxylation is 2. The minimum absolute atomic E-state index is 0.0884. The SMILES string of the molecule is CC(=O)Nc1ccc(S(=O)(=O)Nc2cccc(CCc3ccc(C(=O)O)cc3)c2)cc1. The largest absolute Gasteiger partial charge is 0.478 e. The van der Waals surface area contributed by atoms with Crippen LogP contribution in [0.1, 0.15) is 28.4 Å². The van der Waals surface area contributed by atoms with Crippen molar-refractivity contribution in [3.05, 3.63) is 89.5 Å². The van der Waals surface area contributed by atoms with Crippen molar-refractivity contribution in [3.8, 4) is 0 Å². The predicted octanol–water partition coefficient (Wildman–Crippen LogP) is 3.93. The van der Waals surface area contributed by atoms with Crippen LogP contribution in [0, 0.1) is 0 Å². The number of benzene rings is 3. The molecule has 0 spiro atoms. The number of sulfonamides is 1. The number of carbonyl (C=O) groups is 2. The lowest BCUT2D eigenvalue weighted by Gasteiger charge is -2.11. The molecular weight excluding hydrogens is 416 g/mol. The quantitative estimate of drug-likeness (QED) is 0.493. The van der Waals surface area contributed by atoms with E-state index in [1.165, 1.54) is 31.2 Å². The topological polar surface area (TPSA) is 113 Å². The van der Waals surface area contributed by atoms with E-state index < -0.39 is 16.0 Å². The van der Waals surface area contributed by atoms with Crippen LogP contribution in [-0.2, 0) is 27.7 Å². The summed E-state index contributed by atoms with van der Waals surface area (Å²) in [4.78, 5) is 22.1. The number of nitrogens with one attached hydrogen (secondary N) is 2. The zero-order valence-electron chi connectivity index (χ0n) is 16.8. The summed E-state index contributed by atoms with van der Waals surface area (Å²) in [6, 6.07) is 19.7. The highest BCUT2D eigenvalue weighted by Gasteiger charge is 2.14. The number of carboxylic acid groups (broad SMARTS) is 1. The molecule has 160 valence electrons. The van der Waals surface area contributed by atoms with Gasteiger partial charge in [-0.25, -0.2) is 13.2 Å². The molecule has 31 heavy (non-hydrogen) atoms. The summed E-state index contributed by atoms with van der Waals surface area (Å²) in [7, 11) is -3.77. The number of hydrogen-bond donors (Lipinski definition) is 3. The Labute approximate surface area is 180 Å². The third kappa shape index (κ3) is 6.16. The molecule has 0 aliphatic carbocycles. The third-order valence-corrected chi connectivity index (χ3v) is 5.96. The molecule has 0 aliphatic heterocycles. The van der Waals surface area contributed by atoms with Crippen molar-refractivity contribution in [2.24, 2.45) is 0 Å². The van der Waals surface area contributed by atoms with E-state index in [1.807, 2.05) is 6.07 Å². The maximum atomic E-state index is 12.7. The van der Waals surface area contributed by atoms with Crippen LogP contribution in [0.3, 0.4) is 0 Å². The molecule has 0 bridgehead atoms. The smallest absolute Gasteiger partial charge is 0.335 e. The molecule has 0 fully saturated rings. The van der Waals surface area contributed by atoms with Gasteiger partial charge in [-0.05, 0) is 72.5 Å². The highest BCUT2D eigenvalue weighted by Crippen LogP contribution is 2.20. The number of anilines is 2. The van der Waals surface area contributed by atoms with Crippen LogP contribution >= 0.6 is 0 Å². The standard InChI is InChI=1S/C23H22N2O5S/c1-16(26)24-20-11-13-22(14-12-20)31(29,30)25-21-4-2-3-18(15-21)6-5-17-7-9-19(10-8-17)23(27)28/h2-4,7-15,25H,5-6H2,1H3,(H,24,26)(H,27,28). The van der Waals surface area contributed by atoms with Crippen LogP contribution in [-0.4, -0.2) is 25.4 Å². The fourth-order valence-corrected chi connectivity index (χ4v) is 4.08. The molecule has 3 aromatic rings. The summed E-state index contributed by atoms with van der Waals surface area (Å²) in [5, 5.41) is 11.6. The van der Waals surface area contributed by atoms with E-state index in [1.54, 1.807) is 42.5 Å². The van der Waals surface area contributed by atoms with Gasteiger partial charge in [0.05, 0.1) is 10.5 Å². The Morgan fingerprint density at radius 2 is 1.48 bits per heavy atom. The van der Waals surface area contributed by atoms with Gasteiger partial charge in [-0.3, -0.25) is 9.52 Å². The van der Waals surface area contributed by atoms with E-state index in [9.17, 15) is 18.0 Å². The van der Waals surface area contributed by atoms with Crippen LogP contribution in [0.25, 0.3) is 0 Å². The number of hydrogen-bond acceptors (Lipinski definition) is 4. The molecule has 0 radical (unpaired) electrons. The summed E-state index contributed by atoms with van der Waals surface area (Å²) in [6.07, 6.45) is 1.37. The first kappa shape index (κ1) is 22.0. The summed E-state index contributed by atoms with van der Waals surface area (Å²) < 4.78 is 27.9. The van der Waals surface area contributed by atoms with Crippen molar-refractivity contribution in [3.63, 3.8) is 0 Å². The molecule has 0 heterocycles. The molecule has 0 aromatic heterocycles. The molecule has 0 atom stereocenters. The molecule has 3 rings (SSSR count). The van der Waals surface area contributed by atoms with Crippen molar-refractivity contribution in [1.82, 2.24) is 0 Å². The fraction of sp³-hybridized carbons (Fsp3) is 0.130. The Kier molecular flexibility index (Phi) is 6.71. The average Bonchev–Trinajstić information content (AvgIpc) is 2.72. The Hall–Kier alpha value is -3.65. The highest BCUT2D eigenvalue weighted by molar-refractivity contribution is 7.92. The average molecular weight is 439 g/mol. The Morgan fingerprint density at radius 3 is 2.10 bits per heavy atom. The lowest BCUT2D eigenvalue weighted by atomic mass is 10.0.